The number of benzene rings is 1. The molecule has 3 aliphatic heterocycles. The van der Waals surface area contributed by atoms with Crippen LogP contribution in [0.3, 0.4) is 0 Å². The summed E-state index contributed by atoms with van der Waals surface area (Å²) in [5, 5.41) is 7.17. The predicted octanol–water partition coefficient (Wildman–Crippen LogP) is 4.23. The molecule has 0 bridgehead atoms. The average Bonchev–Trinajstić information content (AvgIpc) is 3.38. The molecule has 3 aliphatic rings. The molecule has 1 aromatic heterocycles. The van der Waals surface area contributed by atoms with Crippen molar-refractivity contribution in [2.24, 2.45) is 0 Å². The predicted molar refractivity (Wildman–Crippen MR) is 113 cm³/mol. The lowest BCUT2D eigenvalue weighted by Gasteiger charge is -2.38. The van der Waals surface area contributed by atoms with Gasteiger partial charge in [0.05, 0.1) is 12.2 Å². The van der Waals surface area contributed by atoms with Gasteiger partial charge in [-0.1, -0.05) is 28.1 Å². The summed E-state index contributed by atoms with van der Waals surface area (Å²) in [5.74, 6) is -0.0991. The van der Waals surface area contributed by atoms with Crippen LogP contribution in [0.1, 0.15) is 47.3 Å². The molecule has 2 fully saturated rings. The van der Waals surface area contributed by atoms with Crippen LogP contribution < -0.4 is 5.32 Å². The quantitative estimate of drug-likeness (QED) is 0.674. The van der Waals surface area contributed by atoms with E-state index in [9.17, 15) is 18.0 Å². The van der Waals surface area contributed by atoms with Crippen molar-refractivity contribution in [2.45, 2.75) is 43.6 Å². The number of alkyl halides is 3. The fourth-order valence-electron chi connectivity index (χ4n) is 4.98. The first-order valence-corrected chi connectivity index (χ1v) is 11.3. The Morgan fingerprint density at radius 3 is 2.68 bits per heavy atom. The standard InChI is InChI=1S/C21H23BrF3N5O/c22-14-5-3-13(4-6-14)17-10-18(21(23,24)25)30-19(27-17)16(11-26-30)20(31)29-9-8-28-7-1-2-15(28)12-29/h3-6,11,15,17-18,27H,1-2,7-10,12H2/t15-,17-,18-/m1/s1. The van der Waals surface area contributed by atoms with E-state index in [2.05, 4.69) is 31.2 Å². The van der Waals surface area contributed by atoms with E-state index in [0.29, 0.717) is 19.1 Å². The second-order valence-electron chi connectivity index (χ2n) is 8.48. The Bertz CT molecular complexity index is 976. The second kappa shape index (κ2) is 7.81. The monoisotopic (exact) mass is 497 g/mol. The van der Waals surface area contributed by atoms with Crippen molar-refractivity contribution < 1.29 is 18.0 Å². The van der Waals surface area contributed by atoms with Gasteiger partial charge < -0.3 is 10.2 Å². The van der Waals surface area contributed by atoms with Crippen LogP contribution in [0.4, 0.5) is 19.0 Å². The van der Waals surface area contributed by atoms with Crippen molar-refractivity contribution >= 4 is 27.7 Å². The zero-order valence-corrected chi connectivity index (χ0v) is 18.4. The molecule has 0 radical (unpaired) electrons. The topological polar surface area (TPSA) is 53.4 Å². The molecule has 1 aromatic carbocycles. The third-order valence-corrected chi connectivity index (χ3v) is 7.14. The Kier molecular flexibility index (Phi) is 5.24. The molecule has 0 aliphatic carbocycles. The molecule has 4 heterocycles. The van der Waals surface area contributed by atoms with E-state index in [1.807, 2.05) is 0 Å². The number of halogens is 4. The number of nitrogens with one attached hydrogen (secondary N) is 1. The van der Waals surface area contributed by atoms with Gasteiger partial charge in [-0.05, 0) is 37.1 Å². The first-order chi connectivity index (χ1) is 14.8. The lowest BCUT2D eigenvalue weighted by Crippen LogP contribution is -2.52. The molecule has 10 heteroatoms. The number of carbonyl (C=O) groups is 1. The van der Waals surface area contributed by atoms with E-state index in [0.717, 1.165) is 40.6 Å². The Morgan fingerprint density at radius 1 is 1.16 bits per heavy atom. The first-order valence-electron chi connectivity index (χ1n) is 10.5. The number of fused-ring (bicyclic) bond motifs is 2. The number of aromatic nitrogens is 2. The van der Waals surface area contributed by atoms with Crippen molar-refractivity contribution in [3.63, 3.8) is 0 Å². The van der Waals surface area contributed by atoms with Crippen molar-refractivity contribution in [3.8, 4) is 0 Å². The van der Waals surface area contributed by atoms with Crippen LogP contribution in [0, 0.1) is 0 Å². The number of carbonyl (C=O) groups excluding carboxylic acids is 1. The summed E-state index contributed by atoms with van der Waals surface area (Å²) in [7, 11) is 0. The van der Waals surface area contributed by atoms with Crippen LogP contribution in [-0.2, 0) is 0 Å². The fourth-order valence-corrected chi connectivity index (χ4v) is 5.24. The Hall–Kier alpha value is -2.07. The molecule has 0 spiro atoms. The maximum absolute atomic E-state index is 13.9. The lowest BCUT2D eigenvalue weighted by atomic mass is 9.96. The fraction of sp³-hybridized carbons (Fsp3) is 0.524. The van der Waals surface area contributed by atoms with Gasteiger partial charge in [-0.3, -0.25) is 9.69 Å². The van der Waals surface area contributed by atoms with E-state index in [1.165, 1.54) is 6.20 Å². The highest BCUT2D eigenvalue weighted by atomic mass is 79.9. The zero-order chi connectivity index (χ0) is 21.8. The van der Waals surface area contributed by atoms with E-state index in [-0.39, 0.29) is 23.7 Å². The van der Waals surface area contributed by atoms with Crippen LogP contribution in [0.5, 0.6) is 0 Å². The highest BCUT2D eigenvalue weighted by Gasteiger charge is 2.47. The van der Waals surface area contributed by atoms with Gasteiger partial charge >= 0.3 is 6.18 Å². The zero-order valence-electron chi connectivity index (χ0n) is 16.8. The highest BCUT2D eigenvalue weighted by Crippen LogP contribution is 2.44. The summed E-state index contributed by atoms with van der Waals surface area (Å²) >= 11 is 3.36. The number of anilines is 1. The SMILES string of the molecule is O=C(c1cnn2c1N[C@@H](c1ccc(Br)cc1)C[C@@H]2C(F)(F)F)N1CCN2CCC[C@@H]2C1. The maximum Gasteiger partial charge on any atom is 0.410 e. The molecular formula is C21H23BrF3N5O. The molecule has 31 heavy (non-hydrogen) atoms. The molecule has 2 saturated heterocycles. The summed E-state index contributed by atoms with van der Waals surface area (Å²) < 4.78 is 43.5. The molecule has 0 saturated carbocycles. The van der Waals surface area contributed by atoms with Gasteiger partial charge in [0.15, 0.2) is 6.04 Å². The maximum atomic E-state index is 13.9. The van der Waals surface area contributed by atoms with Crippen LogP contribution in [0.15, 0.2) is 34.9 Å². The summed E-state index contributed by atoms with van der Waals surface area (Å²) in [5.41, 5.74) is 0.949. The molecule has 3 atom stereocenters. The number of hydrogen-bond acceptors (Lipinski definition) is 4. The van der Waals surface area contributed by atoms with E-state index in [1.54, 1.807) is 29.2 Å². The van der Waals surface area contributed by atoms with Gasteiger partial charge in [0.2, 0.25) is 0 Å². The minimum atomic E-state index is -4.47. The third kappa shape index (κ3) is 3.84. The van der Waals surface area contributed by atoms with E-state index in [4.69, 9.17) is 0 Å². The highest BCUT2D eigenvalue weighted by molar-refractivity contribution is 9.10. The molecule has 5 rings (SSSR count). The number of nitrogens with zero attached hydrogens (tertiary/aromatic N) is 4. The number of rotatable bonds is 2. The Morgan fingerprint density at radius 2 is 1.94 bits per heavy atom. The molecule has 1 amide bonds. The van der Waals surface area contributed by atoms with E-state index < -0.39 is 18.3 Å². The van der Waals surface area contributed by atoms with E-state index >= 15 is 0 Å². The van der Waals surface area contributed by atoms with Gasteiger partial charge in [-0.15, -0.1) is 0 Å². The second-order valence-corrected chi connectivity index (χ2v) is 9.39. The summed E-state index contributed by atoms with van der Waals surface area (Å²) in [4.78, 5) is 17.4. The largest absolute Gasteiger partial charge is 0.410 e. The van der Waals surface area contributed by atoms with Crippen molar-refractivity contribution in [1.29, 1.82) is 0 Å². The minimum Gasteiger partial charge on any atom is -0.363 e. The van der Waals surface area contributed by atoms with Gasteiger partial charge in [0, 0.05) is 36.6 Å². The normalized spacial score (nSPS) is 26.3. The van der Waals surface area contributed by atoms with Crippen molar-refractivity contribution in [3.05, 3.63) is 46.1 Å². The third-order valence-electron chi connectivity index (χ3n) is 6.62. The summed E-state index contributed by atoms with van der Waals surface area (Å²) in [6, 6.07) is 5.18. The molecule has 166 valence electrons. The van der Waals surface area contributed by atoms with Gasteiger partial charge in [0.25, 0.3) is 5.91 Å². The first kappa shape index (κ1) is 20.8. The summed E-state index contributed by atoms with van der Waals surface area (Å²) in [6.45, 7) is 3.06. The molecule has 0 unspecified atom stereocenters. The summed E-state index contributed by atoms with van der Waals surface area (Å²) in [6.07, 6.45) is -1.19. The molecule has 6 nitrogen and oxygen atoms in total. The van der Waals surface area contributed by atoms with Crippen LogP contribution in [-0.4, -0.2) is 63.9 Å². The smallest absolute Gasteiger partial charge is 0.363 e. The molecular weight excluding hydrogens is 475 g/mol. The van der Waals surface area contributed by atoms with Gasteiger partial charge in [0.1, 0.15) is 11.4 Å². The lowest BCUT2D eigenvalue weighted by molar-refractivity contribution is -0.173. The minimum absolute atomic E-state index is 0.153. The molecule has 1 N–H and O–H groups in total. The number of piperazine rings is 1. The van der Waals surface area contributed by atoms with Gasteiger partial charge in [-0.2, -0.15) is 18.3 Å². The Balaban J connectivity index is 1.46. The van der Waals surface area contributed by atoms with Crippen molar-refractivity contribution in [2.75, 3.05) is 31.5 Å². The van der Waals surface area contributed by atoms with Gasteiger partial charge in [-0.25, -0.2) is 4.68 Å². The average molecular weight is 498 g/mol. The number of hydrogen-bond donors (Lipinski definition) is 1. The van der Waals surface area contributed by atoms with Crippen molar-refractivity contribution in [1.82, 2.24) is 19.6 Å². The van der Waals surface area contributed by atoms with Crippen LogP contribution >= 0.6 is 15.9 Å². The van der Waals surface area contributed by atoms with Crippen LogP contribution in [0.25, 0.3) is 0 Å². The van der Waals surface area contributed by atoms with Crippen LogP contribution in [0.2, 0.25) is 0 Å². The Labute approximate surface area is 186 Å². The molecule has 2 aromatic rings. The number of amides is 1.